The Kier molecular flexibility index (Phi) is 3.76. The van der Waals surface area contributed by atoms with Crippen molar-refractivity contribution in [3.63, 3.8) is 0 Å². The van der Waals surface area contributed by atoms with Gasteiger partial charge in [0, 0.05) is 12.3 Å². The van der Waals surface area contributed by atoms with Crippen LogP contribution in [0.15, 0.2) is 33.2 Å². The van der Waals surface area contributed by atoms with Gasteiger partial charge in [-0.15, -0.1) is 10.2 Å². The highest BCUT2D eigenvalue weighted by molar-refractivity contribution is 7.92. The van der Waals surface area contributed by atoms with Crippen molar-refractivity contribution in [1.29, 1.82) is 0 Å². The molecule has 0 spiro atoms. The molecule has 0 aliphatic heterocycles. The van der Waals surface area contributed by atoms with Crippen LogP contribution < -0.4 is 5.32 Å². The van der Waals surface area contributed by atoms with Gasteiger partial charge in [-0.2, -0.15) is 0 Å². The van der Waals surface area contributed by atoms with Crippen molar-refractivity contribution in [3.8, 4) is 0 Å². The number of carbonyl (C=O) groups is 1. The van der Waals surface area contributed by atoms with E-state index >= 15 is 0 Å². The number of aromatic nitrogens is 2. The minimum absolute atomic E-state index is 0.120. The molecule has 0 saturated heterocycles. The van der Waals surface area contributed by atoms with E-state index in [4.69, 9.17) is 4.42 Å². The molecule has 0 bridgehead atoms. The number of nitrogens with zero attached hydrogens (tertiary/aromatic N) is 2. The average molecular weight is 299 g/mol. The van der Waals surface area contributed by atoms with Crippen molar-refractivity contribution in [2.75, 3.05) is 11.6 Å². The fourth-order valence-corrected chi connectivity index (χ4v) is 2.61. The first-order chi connectivity index (χ1) is 8.95. The fourth-order valence-electron chi connectivity index (χ4n) is 1.10. The number of sulfone groups is 1. The van der Waals surface area contributed by atoms with Crippen molar-refractivity contribution in [3.05, 3.63) is 30.2 Å². The molecule has 7 nitrogen and oxygen atoms in total. The lowest BCUT2D eigenvalue weighted by molar-refractivity contribution is -0.111. The van der Waals surface area contributed by atoms with E-state index in [2.05, 4.69) is 15.5 Å². The van der Waals surface area contributed by atoms with Crippen LogP contribution in [0.25, 0.3) is 6.08 Å². The van der Waals surface area contributed by atoms with Crippen LogP contribution in [-0.2, 0) is 14.6 Å². The summed E-state index contributed by atoms with van der Waals surface area (Å²) >= 11 is 0.792. The highest BCUT2D eigenvalue weighted by Gasteiger charge is 2.14. The number of amides is 1. The summed E-state index contributed by atoms with van der Waals surface area (Å²) in [6.45, 7) is 0. The second kappa shape index (κ2) is 5.33. The molecule has 0 radical (unpaired) electrons. The van der Waals surface area contributed by atoms with Crippen LogP contribution in [0.4, 0.5) is 5.13 Å². The zero-order valence-electron chi connectivity index (χ0n) is 9.73. The van der Waals surface area contributed by atoms with Gasteiger partial charge in [0.25, 0.3) is 0 Å². The number of hydrogen-bond donors (Lipinski definition) is 1. The standard InChI is InChI=1S/C10H9N3O4S2/c1-19(15,16)10-13-12-9(18-10)11-8(14)5-4-7-3-2-6-17-7/h2-6H,1H3,(H,11,12,14)/b5-4+. The number of carbonyl (C=O) groups excluding carboxylic acids is 1. The van der Waals surface area contributed by atoms with Crippen molar-refractivity contribution in [2.24, 2.45) is 0 Å². The summed E-state index contributed by atoms with van der Waals surface area (Å²) in [5.41, 5.74) is 0. The Labute approximate surface area is 112 Å². The van der Waals surface area contributed by atoms with Crippen LogP contribution in [0.2, 0.25) is 0 Å². The van der Waals surface area contributed by atoms with E-state index in [1.165, 1.54) is 18.4 Å². The highest BCUT2D eigenvalue weighted by atomic mass is 32.2. The van der Waals surface area contributed by atoms with E-state index in [0.717, 1.165) is 17.6 Å². The average Bonchev–Trinajstić information content (AvgIpc) is 2.95. The summed E-state index contributed by atoms with van der Waals surface area (Å²) in [7, 11) is -3.40. The van der Waals surface area contributed by atoms with Crippen molar-refractivity contribution in [2.45, 2.75) is 4.34 Å². The van der Waals surface area contributed by atoms with E-state index < -0.39 is 15.7 Å². The Morgan fingerprint density at radius 2 is 2.26 bits per heavy atom. The Morgan fingerprint density at radius 1 is 1.47 bits per heavy atom. The van der Waals surface area contributed by atoms with Gasteiger partial charge >= 0.3 is 0 Å². The highest BCUT2D eigenvalue weighted by Crippen LogP contribution is 2.19. The van der Waals surface area contributed by atoms with Gasteiger partial charge in [0.1, 0.15) is 5.76 Å². The molecule has 9 heteroatoms. The molecule has 0 atom stereocenters. The van der Waals surface area contributed by atoms with Gasteiger partial charge in [-0.1, -0.05) is 11.3 Å². The number of hydrogen-bond acceptors (Lipinski definition) is 7. The van der Waals surface area contributed by atoms with E-state index in [9.17, 15) is 13.2 Å². The normalized spacial score (nSPS) is 11.8. The lowest BCUT2D eigenvalue weighted by atomic mass is 10.4. The number of rotatable bonds is 4. The topological polar surface area (TPSA) is 102 Å². The second-order valence-corrected chi connectivity index (χ2v) is 6.65. The Balaban J connectivity index is 2.02. The predicted octanol–water partition coefficient (Wildman–Crippen LogP) is 1.19. The molecule has 0 aliphatic rings. The summed E-state index contributed by atoms with van der Waals surface area (Å²) in [6, 6.07) is 3.39. The van der Waals surface area contributed by atoms with E-state index in [0.29, 0.717) is 5.76 Å². The molecule has 0 aromatic carbocycles. The lowest BCUT2D eigenvalue weighted by Gasteiger charge is -1.93. The second-order valence-electron chi connectivity index (χ2n) is 3.48. The van der Waals surface area contributed by atoms with Crippen LogP contribution in [0.5, 0.6) is 0 Å². The zero-order chi connectivity index (χ0) is 13.9. The Morgan fingerprint density at radius 3 is 2.84 bits per heavy atom. The van der Waals surface area contributed by atoms with Crippen LogP contribution in [-0.4, -0.2) is 30.8 Å². The third-order valence-electron chi connectivity index (χ3n) is 1.90. The molecule has 0 saturated carbocycles. The number of furan rings is 1. The number of nitrogens with one attached hydrogen (secondary N) is 1. The molecule has 2 heterocycles. The summed E-state index contributed by atoms with van der Waals surface area (Å²) in [6.07, 6.45) is 5.24. The van der Waals surface area contributed by atoms with E-state index in [1.54, 1.807) is 12.1 Å². The SMILES string of the molecule is CS(=O)(=O)c1nnc(NC(=O)/C=C/c2ccco2)s1. The first-order valence-corrected chi connectivity index (χ1v) is 7.72. The fraction of sp³-hybridized carbons (Fsp3) is 0.100. The van der Waals surface area contributed by atoms with Crippen LogP contribution in [0.3, 0.4) is 0 Å². The molecule has 2 aromatic heterocycles. The van der Waals surface area contributed by atoms with Gasteiger partial charge in [-0.3, -0.25) is 10.1 Å². The lowest BCUT2D eigenvalue weighted by Crippen LogP contribution is -2.07. The van der Waals surface area contributed by atoms with E-state index in [1.807, 2.05) is 0 Å². The van der Waals surface area contributed by atoms with Crippen molar-refractivity contribution in [1.82, 2.24) is 10.2 Å². The first-order valence-electron chi connectivity index (χ1n) is 5.01. The molecule has 0 fully saturated rings. The maximum Gasteiger partial charge on any atom is 0.250 e. The Bertz CT molecular complexity index is 701. The van der Waals surface area contributed by atoms with Crippen LogP contribution >= 0.6 is 11.3 Å². The molecular formula is C10H9N3O4S2. The van der Waals surface area contributed by atoms with Gasteiger partial charge in [-0.05, 0) is 18.2 Å². The maximum absolute atomic E-state index is 11.5. The van der Waals surface area contributed by atoms with Gasteiger partial charge in [0.2, 0.25) is 25.2 Å². The zero-order valence-corrected chi connectivity index (χ0v) is 11.4. The molecule has 2 rings (SSSR count). The Hall–Kier alpha value is -2.00. The molecule has 0 unspecified atom stereocenters. The largest absolute Gasteiger partial charge is 0.465 e. The van der Waals surface area contributed by atoms with Gasteiger partial charge < -0.3 is 4.42 Å². The summed E-state index contributed by atoms with van der Waals surface area (Å²) in [4.78, 5) is 11.5. The van der Waals surface area contributed by atoms with Crippen molar-refractivity contribution < 1.29 is 17.6 Å². The van der Waals surface area contributed by atoms with Crippen molar-refractivity contribution >= 4 is 38.3 Å². The summed E-state index contributed by atoms with van der Waals surface area (Å²) in [5.74, 6) is 0.0804. The summed E-state index contributed by atoms with van der Waals surface area (Å²) < 4.78 is 27.2. The maximum atomic E-state index is 11.5. The minimum Gasteiger partial charge on any atom is -0.465 e. The molecular weight excluding hydrogens is 290 g/mol. The molecule has 1 N–H and O–H groups in total. The predicted molar refractivity (Wildman–Crippen MR) is 69.4 cm³/mol. The van der Waals surface area contributed by atoms with Gasteiger partial charge in [0.05, 0.1) is 6.26 Å². The number of anilines is 1. The van der Waals surface area contributed by atoms with E-state index in [-0.39, 0.29) is 9.47 Å². The van der Waals surface area contributed by atoms with Crippen LogP contribution in [0, 0.1) is 0 Å². The quantitative estimate of drug-likeness (QED) is 0.672. The minimum atomic E-state index is -3.40. The molecule has 0 aliphatic carbocycles. The van der Waals surface area contributed by atoms with Crippen LogP contribution in [0.1, 0.15) is 5.76 Å². The molecule has 1 amide bonds. The van der Waals surface area contributed by atoms with Gasteiger partial charge in [-0.25, -0.2) is 8.42 Å². The molecule has 100 valence electrons. The monoisotopic (exact) mass is 299 g/mol. The smallest absolute Gasteiger partial charge is 0.250 e. The molecule has 19 heavy (non-hydrogen) atoms. The van der Waals surface area contributed by atoms with Gasteiger partial charge in [0.15, 0.2) is 0 Å². The molecule has 2 aromatic rings. The summed E-state index contributed by atoms with van der Waals surface area (Å²) in [5, 5.41) is 9.57. The third kappa shape index (κ3) is 3.73. The third-order valence-corrected chi connectivity index (χ3v) is 4.40. The first kappa shape index (κ1) is 13.4.